The lowest BCUT2D eigenvalue weighted by Gasteiger charge is -2.14. The minimum Gasteiger partial charge on any atom is -0.331 e. The summed E-state index contributed by atoms with van der Waals surface area (Å²) in [5.41, 5.74) is 7.37. The maximum Gasteiger partial charge on any atom is 0.269 e. The maximum atomic E-state index is 10.6. The molecule has 3 aromatic carbocycles. The van der Waals surface area contributed by atoms with E-state index in [4.69, 9.17) is 12.2 Å². The van der Waals surface area contributed by atoms with Gasteiger partial charge in [-0.05, 0) is 35.8 Å². The quantitative estimate of drug-likeness (QED) is 0.378. The number of hydrogen-bond acceptors (Lipinski definition) is 4. The molecule has 0 atom stereocenters. The number of hydrazine groups is 1. The Balaban J connectivity index is 1.64. The summed E-state index contributed by atoms with van der Waals surface area (Å²) in [6.07, 6.45) is 0. The van der Waals surface area contributed by atoms with Crippen LogP contribution in [0.15, 0.2) is 66.7 Å². The van der Waals surface area contributed by atoms with Crippen molar-refractivity contribution in [1.82, 2.24) is 5.43 Å². The van der Waals surface area contributed by atoms with Gasteiger partial charge in [0.15, 0.2) is 5.11 Å². The van der Waals surface area contributed by atoms with Crippen LogP contribution in [0, 0.1) is 10.1 Å². The van der Waals surface area contributed by atoms with E-state index in [2.05, 4.69) is 16.2 Å². The fraction of sp³-hybridized carbons (Fsp3) is 0. The monoisotopic (exact) mass is 338 g/mol. The van der Waals surface area contributed by atoms with E-state index in [-0.39, 0.29) is 5.69 Å². The average molecular weight is 338 g/mol. The van der Waals surface area contributed by atoms with Crippen LogP contribution in [0.3, 0.4) is 0 Å². The van der Waals surface area contributed by atoms with Crippen molar-refractivity contribution in [2.24, 2.45) is 0 Å². The summed E-state index contributed by atoms with van der Waals surface area (Å²) in [6, 6.07) is 20.0. The van der Waals surface area contributed by atoms with Crippen molar-refractivity contribution in [3.8, 4) is 0 Å². The van der Waals surface area contributed by atoms with Gasteiger partial charge in [-0.3, -0.25) is 21.0 Å². The Kier molecular flexibility index (Phi) is 4.53. The first-order valence-electron chi connectivity index (χ1n) is 7.19. The Bertz CT molecular complexity index is 891. The first-order valence-corrected chi connectivity index (χ1v) is 7.59. The number of rotatable bonds is 4. The van der Waals surface area contributed by atoms with Gasteiger partial charge < -0.3 is 5.32 Å². The fourth-order valence-electron chi connectivity index (χ4n) is 2.28. The molecular formula is C17H14N4O2S. The highest BCUT2D eigenvalue weighted by molar-refractivity contribution is 7.80. The van der Waals surface area contributed by atoms with Crippen LogP contribution in [0.4, 0.5) is 17.1 Å². The Morgan fingerprint density at radius 3 is 2.42 bits per heavy atom. The van der Waals surface area contributed by atoms with Gasteiger partial charge in [0.2, 0.25) is 0 Å². The lowest BCUT2D eigenvalue weighted by atomic mass is 10.1. The van der Waals surface area contributed by atoms with Crippen LogP contribution < -0.4 is 16.2 Å². The average Bonchev–Trinajstić information content (AvgIpc) is 2.61. The zero-order valence-electron chi connectivity index (χ0n) is 12.5. The summed E-state index contributed by atoms with van der Waals surface area (Å²) in [4.78, 5) is 10.2. The van der Waals surface area contributed by atoms with E-state index >= 15 is 0 Å². The highest BCUT2D eigenvalue weighted by atomic mass is 32.1. The Hall–Kier alpha value is -3.19. The number of non-ortho nitro benzene ring substituents is 1. The Morgan fingerprint density at radius 1 is 0.958 bits per heavy atom. The number of benzene rings is 3. The number of hydrogen-bond donors (Lipinski definition) is 3. The summed E-state index contributed by atoms with van der Waals surface area (Å²) < 4.78 is 0. The maximum absolute atomic E-state index is 10.6. The molecule has 0 saturated heterocycles. The van der Waals surface area contributed by atoms with Crippen LogP contribution in [0.5, 0.6) is 0 Å². The molecule has 0 aliphatic carbocycles. The first-order chi connectivity index (χ1) is 11.6. The van der Waals surface area contributed by atoms with Crippen molar-refractivity contribution < 1.29 is 4.92 Å². The van der Waals surface area contributed by atoms with Crippen molar-refractivity contribution in [3.63, 3.8) is 0 Å². The number of anilines is 2. The van der Waals surface area contributed by atoms with Gasteiger partial charge in [0.1, 0.15) is 0 Å². The molecular weight excluding hydrogens is 324 g/mol. The van der Waals surface area contributed by atoms with Crippen LogP contribution in [-0.2, 0) is 0 Å². The van der Waals surface area contributed by atoms with Crippen molar-refractivity contribution in [1.29, 1.82) is 0 Å². The first kappa shape index (κ1) is 15.7. The number of nitrogens with one attached hydrogen (secondary N) is 3. The molecule has 0 heterocycles. The number of nitro benzene ring substituents is 1. The third-order valence-corrected chi connectivity index (χ3v) is 3.64. The molecule has 0 aliphatic rings. The second-order valence-electron chi connectivity index (χ2n) is 5.03. The summed E-state index contributed by atoms with van der Waals surface area (Å²) in [5.74, 6) is 0. The van der Waals surface area contributed by atoms with Crippen molar-refractivity contribution in [2.45, 2.75) is 0 Å². The van der Waals surface area contributed by atoms with E-state index in [0.717, 1.165) is 16.5 Å². The predicted molar refractivity (Wildman–Crippen MR) is 100 cm³/mol. The zero-order chi connectivity index (χ0) is 16.9. The minimum atomic E-state index is -0.441. The molecule has 6 nitrogen and oxygen atoms in total. The van der Waals surface area contributed by atoms with E-state index < -0.39 is 4.92 Å². The van der Waals surface area contributed by atoms with Crippen LogP contribution in [-0.4, -0.2) is 10.0 Å². The standard InChI is InChI=1S/C17H14N4O2S/c22-21(23)14-10-8-13(9-11-14)19-20-17(24)18-16-7-3-5-12-4-1-2-6-15(12)16/h1-11,19H,(H2,18,20,24). The van der Waals surface area contributed by atoms with Crippen molar-refractivity contribution in [3.05, 3.63) is 76.8 Å². The Morgan fingerprint density at radius 2 is 1.67 bits per heavy atom. The minimum absolute atomic E-state index is 0.0389. The van der Waals surface area contributed by atoms with E-state index in [9.17, 15) is 10.1 Å². The summed E-state index contributed by atoms with van der Waals surface area (Å²) >= 11 is 5.27. The molecule has 0 unspecified atom stereocenters. The molecule has 3 N–H and O–H groups in total. The normalized spacial score (nSPS) is 10.2. The number of nitrogens with zero attached hydrogens (tertiary/aromatic N) is 1. The third-order valence-electron chi connectivity index (χ3n) is 3.44. The van der Waals surface area contributed by atoms with Gasteiger partial charge in [0.05, 0.1) is 10.6 Å². The molecule has 120 valence electrons. The molecule has 3 aromatic rings. The molecule has 0 fully saturated rings. The predicted octanol–water partition coefficient (Wildman–Crippen LogP) is 4.06. The largest absolute Gasteiger partial charge is 0.331 e. The highest BCUT2D eigenvalue weighted by Crippen LogP contribution is 2.22. The molecule has 3 rings (SSSR count). The van der Waals surface area contributed by atoms with E-state index in [0.29, 0.717) is 10.8 Å². The third kappa shape index (κ3) is 3.58. The molecule has 0 saturated carbocycles. The summed E-state index contributed by atoms with van der Waals surface area (Å²) in [5, 5.41) is 16.3. The lowest BCUT2D eigenvalue weighted by molar-refractivity contribution is -0.384. The molecule has 7 heteroatoms. The van der Waals surface area contributed by atoms with Gasteiger partial charge in [-0.15, -0.1) is 0 Å². The van der Waals surface area contributed by atoms with Gasteiger partial charge in [-0.25, -0.2) is 0 Å². The van der Waals surface area contributed by atoms with Gasteiger partial charge in [-0.1, -0.05) is 36.4 Å². The zero-order valence-corrected chi connectivity index (χ0v) is 13.3. The summed E-state index contributed by atoms with van der Waals surface area (Å²) in [7, 11) is 0. The molecule has 0 bridgehead atoms. The van der Waals surface area contributed by atoms with Crippen molar-refractivity contribution >= 4 is 45.2 Å². The van der Waals surface area contributed by atoms with Gasteiger partial charge >= 0.3 is 0 Å². The lowest BCUT2D eigenvalue weighted by Crippen LogP contribution is -2.33. The van der Waals surface area contributed by atoms with Gasteiger partial charge in [-0.2, -0.15) is 0 Å². The van der Waals surface area contributed by atoms with E-state index in [1.165, 1.54) is 12.1 Å². The van der Waals surface area contributed by atoms with Crippen LogP contribution >= 0.6 is 12.2 Å². The molecule has 0 spiro atoms. The summed E-state index contributed by atoms with van der Waals surface area (Å²) in [6.45, 7) is 0. The second kappa shape index (κ2) is 6.93. The van der Waals surface area contributed by atoms with Gasteiger partial charge in [0, 0.05) is 23.2 Å². The number of fused-ring (bicyclic) bond motifs is 1. The molecule has 0 aliphatic heterocycles. The number of nitro groups is 1. The molecule has 0 aromatic heterocycles. The number of thiocarbonyl (C=S) groups is 1. The van der Waals surface area contributed by atoms with Gasteiger partial charge in [0.25, 0.3) is 5.69 Å². The van der Waals surface area contributed by atoms with E-state index in [1.54, 1.807) is 12.1 Å². The molecule has 0 radical (unpaired) electrons. The SMILES string of the molecule is O=[N+]([O-])c1ccc(NNC(=S)Nc2cccc3ccccc23)cc1. The van der Waals surface area contributed by atoms with Crippen LogP contribution in [0.2, 0.25) is 0 Å². The highest BCUT2D eigenvalue weighted by Gasteiger charge is 2.05. The smallest absolute Gasteiger partial charge is 0.269 e. The molecule has 24 heavy (non-hydrogen) atoms. The van der Waals surface area contributed by atoms with Crippen molar-refractivity contribution in [2.75, 3.05) is 10.7 Å². The Labute approximate surface area is 143 Å². The van der Waals surface area contributed by atoms with Crippen LogP contribution in [0.1, 0.15) is 0 Å². The van der Waals surface area contributed by atoms with Crippen LogP contribution in [0.25, 0.3) is 10.8 Å². The van der Waals surface area contributed by atoms with E-state index in [1.807, 2.05) is 42.5 Å². The molecule has 0 amide bonds. The topological polar surface area (TPSA) is 79.2 Å². The fourth-order valence-corrected chi connectivity index (χ4v) is 2.44. The second-order valence-corrected chi connectivity index (χ2v) is 5.44.